The molecule has 1 fully saturated rings. The second kappa shape index (κ2) is 8.32. The van der Waals surface area contributed by atoms with E-state index in [4.69, 9.17) is 0 Å². The maximum Gasteiger partial charge on any atom is 0.254 e. The van der Waals surface area contributed by atoms with Crippen LogP contribution in [-0.4, -0.2) is 60.0 Å². The molecule has 0 atom stereocenters. The number of amides is 1. The summed E-state index contributed by atoms with van der Waals surface area (Å²) >= 11 is 0. The molecule has 3 rings (SSSR count). The third-order valence-electron chi connectivity index (χ3n) is 4.90. The van der Waals surface area contributed by atoms with E-state index in [0.29, 0.717) is 0 Å². The van der Waals surface area contributed by atoms with Gasteiger partial charge in [-0.3, -0.25) is 4.79 Å². The molecule has 0 bridgehead atoms. The molecule has 2 heterocycles. The van der Waals surface area contributed by atoms with Crippen molar-refractivity contribution in [2.75, 3.05) is 38.1 Å². The van der Waals surface area contributed by atoms with Gasteiger partial charge >= 0.3 is 0 Å². The number of hydrogen-bond acceptors (Lipinski definition) is 4. The maximum atomic E-state index is 12.9. The second-order valence-corrected chi connectivity index (χ2v) is 7.21. The van der Waals surface area contributed by atoms with Crippen molar-refractivity contribution >= 4 is 11.7 Å². The van der Waals surface area contributed by atoms with Gasteiger partial charge in [0.2, 0.25) is 0 Å². The Kier molecular flexibility index (Phi) is 5.89. The number of rotatable bonds is 5. The summed E-state index contributed by atoms with van der Waals surface area (Å²) < 4.78 is 0. The van der Waals surface area contributed by atoms with E-state index in [9.17, 15) is 4.79 Å². The summed E-state index contributed by atoms with van der Waals surface area (Å²) in [4.78, 5) is 23.8. The molecule has 2 aromatic rings. The van der Waals surface area contributed by atoms with E-state index < -0.39 is 0 Å². The van der Waals surface area contributed by atoms with Crippen molar-refractivity contribution in [3.8, 4) is 0 Å². The van der Waals surface area contributed by atoms with E-state index in [1.807, 2.05) is 23.1 Å². The molecule has 5 heteroatoms. The minimum absolute atomic E-state index is 0.102. The lowest BCUT2D eigenvalue weighted by Crippen LogP contribution is -2.47. The number of nitrogens with zero attached hydrogens (tertiary/aromatic N) is 4. The predicted octanol–water partition coefficient (Wildman–Crippen LogP) is 2.88. The van der Waals surface area contributed by atoms with E-state index in [2.05, 4.69) is 59.9 Å². The summed E-state index contributed by atoms with van der Waals surface area (Å²) in [5.74, 6) is 0.953. The minimum atomic E-state index is 0.102. The smallest absolute Gasteiger partial charge is 0.254 e. The highest BCUT2D eigenvalue weighted by Gasteiger charge is 2.22. The van der Waals surface area contributed by atoms with Crippen LogP contribution in [0.25, 0.3) is 0 Å². The molecule has 1 aromatic carbocycles. The van der Waals surface area contributed by atoms with Crippen LogP contribution in [-0.2, 0) is 6.54 Å². The molecular weight excluding hydrogens is 324 g/mol. The Balaban J connectivity index is 1.79. The quantitative estimate of drug-likeness (QED) is 0.830. The van der Waals surface area contributed by atoms with Gasteiger partial charge in [-0.05, 0) is 38.6 Å². The highest BCUT2D eigenvalue weighted by Crippen LogP contribution is 2.20. The molecule has 0 saturated carbocycles. The Bertz CT molecular complexity index is 724. The molecule has 1 aliphatic heterocycles. The number of carbonyl (C=O) groups excluding carboxylic acids is 1. The van der Waals surface area contributed by atoms with E-state index in [-0.39, 0.29) is 11.9 Å². The van der Waals surface area contributed by atoms with Crippen molar-refractivity contribution in [3.05, 3.63) is 59.8 Å². The van der Waals surface area contributed by atoms with Crippen LogP contribution >= 0.6 is 0 Å². The molecule has 0 spiro atoms. The molecular formula is C21H28N4O. The molecule has 5 nitrogen and oxygen atoms in total. The fourth-order valence-electron chi connectivity index (χ4n) is 3.21. The van der Waals surface area contributed by atoms with E-state index in [0.717, 1.165) is 44.1 Å². The zero-order chi connectivity index (χ0) is 18.5. The molecule has 0 unspecified atom stereocenters. The van der Waals surface area contributed by atoms with E-state index in [1.165, 1.54) is 5.56 Å². The molecule has 26 heavy (non-hydrogen) atoms. The first-order valence-electron chi connectivity index (χ1n) is 9.29. The average Bonchev–Trinajstić information content (AvgIpc) is 2.67. The van der Waals surface area contributed by atoms with Crippen molar-refractivity contribution in [1.29, 1.82) is 0 Å². The third-order valence-corrected chi connectivity index (χ3v) is 4.90. The van der Waals surface area contributed by atoms with Gasteiger partial charge < -0.3 is 14.7 Å². The summed E-state index contributed by atoms with van der Waals surface area (Å²) in [7, 11) is 2.09. The van der Waals surface area contributed by atoms with Gasteiger partial charge in [0.05, 0.1) is 0 Å². The lowest BCUT2D eigenvalue weighted by molar-refractivity contribution is 0.0664. The highest BCUT2D eigenvalue weighted by atomic mass is 16.2. The number of pyridine rings is 1. The number of anilines is 1. The standard InChI is InChI=1S/C21H28N4O/c1-17(2)25(16-18-7-5-4-6-8-18)20-15-19(9-10-22-20)21(26)24-13-11-23(3)12-14-24/h4-10,15,17H,11-14,16H2,1-3H3. The number of likely N-dealkylation sites (N-methyl/N-ethyl adjacent to an activating group) is 1. The van der Waals surface area contributed by atoms with Crippen LogP contribution in [0.1, 0.15) is 29.8 Å². The monoisotopic (exact) mass is 352 g/mol. The fraction of sp³-hybridized carbons (Fsp3) is 0.429. The maximum absolute atomic E-state index is 12.9. The molecule has 1 saturated heterocycles. The summed E-state index contributed by atoms with van der Waals surface area (Å²) in [5.41, 5.74) is 1.96. The first-order valence-corrected chi connectivity index (χ1v) is 9.29. The van der Waals surface area contributed by atoms with Gasteiger partial charge in [-0.1, -0.05) is 30.3 Å². The number of piperazine rings is 1. The van der Waals surface area contributed by atoms with Crippen LogP contribution in [0.5, 0.6) is 0 Å². The van der Waals surface area contributed by atoms with Crippen molar-refractivity contribution in [3.63, 3.8) is 0 Å². The summed E-state index contributed by atoms with van der Waals surface area (Å²) in [6, 6.07) is 14.4. The van der Waals surface area contributed by atoms with Gasteiger partial charge in [-0.15, -0.1) is 0 Å². The van der Waals surface area contributed by atoms with Gasteiger partial charge in [0.1, 0.15) is 5.82 Å². The Hall–Kier alpha value is -2.40. The summed E-state index contributed by atoms with van der Waals surface area (Å²) in [6.45, 7) is 8.50. The van der Waals surface area contributed by atoms with Crippen molar-refractivity contribution < 1.29 is 4.79 Å². The molecule has 138 valence electrons. The number of carbonyl (C=O) groups is 1. The lowest BCUT2D eigenvalue weighted by Gasteiger charge is -2.33. The van der Waals surface area contributed by atoms with Gasteiger partial charge in [0.25, 0.3) is 5.91 Å². The minimum Gasteiger partial charge on any atom is -0.350 e. The first-order chi connectivity index (χ1) is 12.5. The number of benzene rings is 1. The van der Waals surface area contributed by atoms with Crippen LogP contribution in [0.2, 0.25) is 0 Å². The molecule has 1 aromatic heterocycles. The lowest BCUT2D eigenvalue weighted by atomic mass is 10.1. The third kappa shape index (κ3) is 4.41. The van der Waals surface area contributed by atoms with Crippen molar-refractivity contribution in [2.24, 2.45) is 0 Å². The normalized spacial score (nSPS) is 15.3. The summed E-state index contributed by atoms with van der Waals surface area (Å²) in [5, 5.41) is 0. The van der Waals surface area contributed by atoms with Gasteiger partial charge in [-0.2, -0.15) is 0 Å². The van der Waals surface area contributed by atoms with Gasteiger partial charge in [0.15, 0.2) is 0 Å². The Morgan fingerprint density at radius 3 is 2.46 bits per heavy atom. The largest absolute Gasteiger partial charge is 0.350 e. The van der Waals surface area contributed by atoms with E-state index in [1.54, 1.807) is 6.20 Å². The van der Waals surface area contributed by atoms with E-state index >= 15 is 0 Å². The van der Waals surface area contributed by atoms with Crippen LogP contribution in [0.3, 0.4) is 0 Å². The second-order valence-electron chi connectivity index (χ2n) is 7.21. The van der Waals surface area contributed by atoms with Crippen LogP contribution in [0, 0.1) is 0 Å². The number of hydrogen-bond donors (Lipinski definition) is 0. The fourth-order valence-corrected chi connectivity index (χ4v) is 3.21. The zero-order valence-corrected chi connectivity index (χ0v) is 15.9. The molecule has 0 radical (unpaired) electrons. The zero-order valence-electron chi connectivity index (χ0n) is 15.9. The first kappa shape index (κ1) is 18.4. The van der Waals surface area contributed by atoms with Crippen LogP contribution in [0.15, 0.2) is 48.7 Å². The Morgan fingerprint density at radius 1 is 1.12 bits per heavy atom. The predicted molar refractivity (Wildman–Crippen MR) is 105 cm³/mol. The SMILES string of the molecule is CC(C)N(Cc1ccccc1)c1cc(C(=O)N2CCN(C)CC2)ccn1. The molecule has 1 amide bonds. The van der Waals surface area contributed by atoms with Crippen LogP contribution in [0.4, 0.5) is 5.82 Å². The summed E-state index contributed by atoms with van der Waals surface area (Å²) in [6.07, 6.45) is 1.75. The molecule has 0 N–H and O–H groups in total. The van der Waals surface area contributed by atoms with Gasteiger partial charge in [0, 0.05) is 50.5 Å². The number of aromatic nitrogens is 1. The molecule has 0 aliphatic carbocycles. The van der Waals surface area contributed by atoms with Gasteiger partial charge in [-0.25, -0.2) is 4.98 Å². The van der Waals surface area contributed by atoms with Crippen LogP contribution < -0.4 is 4.90 Å². The van der Waals surface area contributed by atoms with Crippen molar-refractivity contribution in [2.45, 2.75) is 26.4 Å². The average molecular weight is 352 g/mol. The Labute approximate surface area is 156 Å². The topological polar surface area (TPSA) is 39.7 Å². The highest BCUT2D eigenvalue weighted by molar-refractivity contribution is 5.95. The molecule has 1 aliphatic rings. The van der Waals surface area contributed by atoms with Crippen molar-refractivity contribution in [1.82, 2.24) is 14.8 Å². The Morgan fingerprint density at radius 2 is 1.81 bits per heavy atom.